The Morgan fingerprint density at radius 2 is 0.738 bits per heavy atom. The fraction of sp³-hybridized carbons (Fsp3) is 0.545. The fourth-order valence-electron chi connectivity index (χ4n) is 5.70. The van der Waals surface area contributed by atoms with Gasteiger partial charge in [-0.15, -0.1) is 0 Å². The summed E-state index contributed by atoms with van der Waals surface area (Å²) in [6.07, 6.45) is 67.3. The van der Waals surface area contributed by atoms with Gasteiger partial charge in [0.15, 0.2) is 6.10 Å². The zero-order valence-corrected chi connectivity index (χ0v) is 38.6. The van der Waals surface area contributed by atoms with Crippen molar-refractivity contribution in [3.63, 3.8) is 0 Å². The van der Waals surface area contributed by atoms with E-state index in [1.807, 2.05) is 24.3 Å². The Kier molecular flexibility index (Phi) is 44.7. The van der Waals surface area contributed by atoms with E-state index in [1.165, 1.54) is 25.7 Å². The van der Waals surface area contributed by atoms with Crippen molar-refractivity contribution in [3.8, 4) is 0 Å². The molecule has 0 aliphatic heterocycles. The standard InChI is InChI=1S/C55H84O6/c1-4-7-10-13-16-19-22-24-26-27-29-30-33-36-39-42-45-48-54(57)60-51-52(50-59-53(56)47-44-41-38-35-32-21-18-15-12-9-6-3)61-55(58)49-46-43-40-37-34-31-28-25-23-20-17-14-11-8-5-2/h8-9,11-12,14,16-21,23-26,28-30,35-36,38-39,52H,4-7,10,13,15,22,27,31-34,37,40-51H2,1-3H3/b11-8-,12-9-,17-14-,19-16-,21-18-,23-20-,26-24-,28-25-,30-29-,38-35-,39-36-. The van der Waals surface area contributed by atoms with E-state index in [-0.39, 0.29) is 50.4 Å². The van der Waals surface area contributed by atoms with E-state index in [0.717, 1.165) is 96.3 Å². The van der Waals surface area contributed by atoms with E-state index >= 15 is 0 Å². The Balaban J connectivity index is 4.60. The quantitative estimate of drug-likeness (QED) is 0.0201. The van der Waals surface area contributed by atoms with Crippen LogP contribution in [0.15, 0.2) is 134 Å². The lowest BCUT2D eigenvalue weighted by Crippen LogP contribution is -2.30. The van der Waals surface area contributed by atoms with Gasteiger partial charge >= 0.3 is 17.9 Å². The minimum atomic E-state index is -0.836. The lowest BCUT2D eigenvalue weighted by Gasteiger charge is -2.18. The van der Waals surface area contributed by atoms with Crippen LogP contribution < -0.4 is 0 Å². The summed E-state index contributed by atoms with van der Waals surface area (Å²) in [4.78, 5) is 37.8. The van der Waals surface area contributed by atoms with Crippen LogP contribution in [0.3, 0.4) is 0 Å². The van der Waals surface area contributed by atoms with E-state index in [1.54, 1.807) is 0 Å². The molecule has 0 N–H and O–H groups in total. The largest absolute Gasteiger partial charge is 0.462 e. The van der Waals surface area contributed by atoms with Gasteiger partial charge in [0.2, 0.25) is 0 Å². The third kappa shape index (κ3) is 46.5. The van der Waals surface area contributed by atoms with Gasteiger partial charge in [-0.05, 0) is 103 Å². The summed E-state index contributed by atoms with van der Waals surface area (Å²) in [5, 5.41) is 0. The molecule has 6 heteroatoms. The first-order valence-corrected chi connectivity index (χ1v) is 23.7. The van der Waals surface area contributed by atoms with Gasteiger partial charge in [0, 0.05) is 19.3 Å². The summed E-state index contributed by atoms with van der Waals surface area (Å²) >= 11 is 0. The topological polar surface area (TPSA) is 78.9 Å². The summed E-state index contributed by atoms with van der Waals surface area (Å²) < 4.78 is 16.6. The highest BCUT2D eigenvalue weighted by atomic mass is 16.6. The van der Waals surface area contributed by atoms with Gasteiger partial charge in [0.1, 0.15) is 13.2 Å². The summed E-state index contributed by atoms with van der Waals surface area (Å²) in [7, 11) is 0. The summed E-state index contributed by atoms with van der Waals surface area (Å²) in [6, 6.07) is 0. The zero-order valence-electron chi connectivity index (χ0n) is 38.6. The Morgan fingerprint density at radius 3 is 1.25 bits per heavy atom. The van der Waals surface area contributed by atoms with Crippen molar-refractivity contribution in [1.29, 1.82) is 0 Å². The molecule has 1 unspecified atom stereocenters. The Morgan fingerprint density at radius 1 is 0.361 bits per heavy atom. The predicted octanol–water partition coefficient (Wildman–Crippen LogP) is 15.5. The van der Waals surface area contributed by atoms with Crippen LogP contribution >= 0.6 is 0 Å². The molecule has 340 valence electrons. The fourth-order valence-corrected chi connectivity index (χ4v) is 5.70. The van der Waals surface area contributed by atoms with Crippen LogP contribution in [0, 0.1) is 0 Å². The van der Waals surface area contributed by atoms with Crippen molar-refractivity contribution in [3.05, 3.63) is 134 Å². The summed E-state index contributed by atoms with van der Waals surface area (Å²) in [5.74, 6) is -1.08. The van der Waals surface area contributed by atoms with E-state index in [9.17, 15) is 14.4 Å². The average molecular weight is 841 g/mol. The lowest BCUT2D eigenvalue weighted by molar-refractivity contribution is -0.167. The number of hydrogen-bond donors (Lipinski definition) is 0. The van der Waals surface area contributed by atoms with E-state index in [2.05, 4.69) is 130 Å². The van der Waals surface area contributed by atoms with Gasteiger partial charge in [-0.25, -0.2) is 0 Å². The van der Waals surface area contributed by atoms with Crippen molar-refractivity contribution in [2.24, 2.45) is 0 Å². The van der Waals surface area contributed by atoms with Crippen LogP contribution in [0.5, 0.6) is 0 Å². The molecule has 0 aliphatic rings. The highest BCUT2D eigenvalue weighted by Gasteiger charge is 2.19. The van der Waals surface area contributed by atoms with E-state index in [4.69, 9.17) is 14.2 Å². The number of carbonyl (C=O) groups is 3. The number of allylic oxidation sites excluding steroid dienone is 22. The van der Waals surface area contributed by atoms with Crippen LogP contribution in [-0.4, -0.2) is 37.2 Å². The molecule has 6 nitrogen and oxygen atoms in total. The minimum Gasteiger partial charge on any atom is -0.462 e. The SMILES string of the molecule is CC\C=C/C=C\C=C/C=C\CCCCCCCC(=O)OC(COC(=O)CCC/C=C\C/C=C\C/C=C\CC)COC(=O)CCC/C=C\C/C=C\C/C=C\C/C=C\CCCCC. The van der Waals surface area contributed by atoms with Crippen molar-refractivity contribution in [1.82, 2.24) is 0 Å². The van der Waals surface area contributed by atoms with Crippen LogP contribution in [-0.2, 0) is 28.6 Å². The maximum Gasteiger partial charge on any atom is 0.306 e. The smallest absolute Gasteiger partial charge is 0.306 e. The molecule has 0 heterocycles. The first kappa shape index (κ1) is 56.5. The number of esters is 3. The molecule has 0 saturated heterocycles. The molecule has 0 rings (SSSR count). The molecule has 0 spiro atoms. The first-order chi connectivity index (χ1) is 30.0. The maximum atomic E-state index is 12.7. The molecule has 0 radical (unpaired) electrons. The number of rotatable bonds is 40. The molecule has 1 atom stereocenters. The van der Waals surface area contributed by atoms with E-state index < -0.39 is 6.10 Å². The van der Waals surface area contributed by atoms with Crippen molar-refractivity contribution in [2.45, 2.75) is 181 Å². The molecule has 0 fully saturated rings. The lowest BCUT2D eigenvalue weighted by atomic mass is 10.1. The molecule has 0 aromatic carbocycles. The second kappa shape index (κ2) is 48.2. The minimum absolute atomic E-state index is 0.137. The monoisotopic (exact) mass is 841 g/mol. The van der Waals surface area contributed by atoms with Crippen LogP contribution in [0.25, 0.3) is 0 Å². The molecule has 0 aromatic rings. The van der Waals surface area contributed by atoms with Gasteiger partial charge in [0.25, 0.3) is 0 Å². The van der Waals surface area contributed by atoms with Crippen molar-refractivity contribution in [2.75, 3.05) is 13.2 Å². The maximum absolute atomic E-state index is 12.7. The van der Waals surface area contributed by atoms with E-state index in [0.29, 0.717) is 12.8 Å². The van der Waals surface area contributed by atoms with Crippen molar-refractivity contribution >= 4 is 17.9 Å². The van der Waals surface area contributed by atoms with Gasteiger partial charge in [-0.2, -0.15) is 0 Å². The Hall–Kier alpha value is -4.45. The second-order valence-electron chi connectivity index (χ2n) is 15.0. The predicted molar refractivity (Wildman–Crippen MR) is 260 cm³/mol. The van der Waals surface area contributed by atoms with Gasteiger partial charge in [0.05, 0.1) is 0 Å². The highest BCUT2D eigenvalue weighted by Crippen LogP contribution is 2.11. The molecule has 0 aromatic heterocycles. The molecule has 61 heavy (non-hydrogen) atoms. The Bertz CT molecular complexity index is 1380. The number of unbranched alkanes of at least 4 members (excludes halogenated alkanes) is 10. The average Bonchev–Trinajstić information content (AvgIpc) is 3.26. The molecule has 0 amide bonds. The first-order valence-electron chi connectivity index (χ1n) is 23.7. The highest BCUT2D eigenvalue weighted by molar-refractivity contribution is 5.71. The normalized spacial score (nSPS) is 13.3. The molecule has 0 saturated carbocycles. The summed E-state index contributed by atoms with van der Waals surface area (Å²) in [5.41, 5.74) is 0. The number of ether oxygens (including phenoxy) is 3. The number of carbonyl (C=O) groups excluding carboxylic acids is 3. The number of hydrogen-bond acceptors (Lipinski definition) is 6. The third-order valence-electron chi connectivity index (χ3n) is 9.21. The summed E-state index contributed by atoms with van der Waals surface area (Å²) in [6.45, 7) is 6.20. The van der Waals surface area contributed by atoms with Crippen LogP contribution in [0.4, 0.5) is 0 Å². The molecular weight excluding hydrogens is 757 g/mol. The molecule has 0 aliphatic carbocycles. The second-order valence-corrected chi connectivity index (χ2v) is 15.0. The Labute approximate surface area is 373 Å². The van der Waals surface area contributed by atoms with Crippen molar-refractivity contribution < 1.29 is 28.6 Å². The van der Waals surface area contributed by atoms with Crippen LogP contribution in [0.2, 0.25) is 0 Å². The molecule has 0 bridgehead atoms. The molecular formula is C55H84O6. The third-order valence-corrected chi connectivity index (χ3v) is 9.21. The van der Waals surface area contributed by atoms with Crippen LogP contribution in [0.1, 0.15) is 175 Å². The zero-order chi connectivity index (χ0) is 44.4. The van der Waals surface area contributed by atoms with Gasteiger partial charge in [-0.1, -0.05) is 187 Å². The van der Waals surface area contributed by atoms with Gasteiger partial charge in [-0.3, -0.25) is 14.4 Å². The van der Waals surface area contributed by atoms with Gasteiger partial charge < -0.3 is 14.2 Å².